The number of hydrogen-bond donors (Lipinski definition) is 1. The minimum absolute atomic E-state index is 0.140. The second kappa shape index (κ2) is 6.40. The fourth-order valence-corrected chi connectivity index (χ4v) is 3.01. The van der Waals surface area contributed by atoms with Crippen LogP contribution in [0.3, 0.4) is 0 Å². The second-order valence-electron chi connectivity index (χ2n) is 5.79. The third-order valence-electron chi connectivity index (χ3n) is 3.36. The molecule has 1 saturated heterocycles. The zero-order valence-corrected chi connectivity index (χ0v) is 13.6. The van der Waals surface area contributed by atoms with Crippen LogP contribution in [0.4, 0.5) is 19.3 Å². The molecule has 0 atom stereocenters. The van der Waals surface area contributed by atoms with Crippen LogP contribution in [0.25, 0.3) is 0 Å². The molecule has 0 saturated carbocycles. The molecule has 1 N–H and O–H groups in total. The van der Waals surface area contributed by atoms with Crippen LogP contribution in [0.5, 0.6) is 0 Å². The Hall–Kier alpha value is -1.74. The van der Waals surface area contributed by atoms with Crippen molar-refractivity contribution >= 4 is 21.6 Å². The van der Waals surface area contributed by atoms with E-state index < -0.39 is 32.1 Å². The molecule has 6 nitrogen and oxygen atoms in total. The van der Waals surface area contributed by atoms with Gasteiger partial charge in [-0.1, -0.05) is 6.07 Å². The number of rotatable bonds is 3. The number of amides is 2. The topological polar surface area (TPSA) is 75.7 Å². The fourth-order valence-electron chi connectivity index (χ4n) is 2.25. The summed E-state index contributed by atoms with van der Waals surface area (Å²) in [7, 11) is -4.70. The van der Waals surface area contributed by atoms with Crippen molar-refractivity contribution in [2.75, 3.05) is 25.0 Å². The van der Waals surface area contributed by atoms with Gasteiger partial charge in [0.15, 0.2) is 0 Å². The van der Waals surface area contributed by atoms with Gasteiger partial charge in [0.1, 0.15) is 0 Å². The first kappa shape index (κ1) is 17.6. The number of benzene rings is 1. The van der Waals surface area contributed by atoms with E-state index in [9.17, 15) is 22.0 Å². The van der Waals surface area contributed by atoms with E-state index in [0.717, 1.165) is 12.1 Å². The van der Waals surface area contributed by atoms with Gasteiger partial charge in [-0.25, -0.2) is 13.2 Å². The van der Waals surface area contributed by atoms with Crippen LogP contribution in [0, 0.1) is 0 Å². The highest BCUT2D eigenvalue weighted by Crippen LogP contribution is 2.22. The first-order chi connectivity index (χ1) is 10.6. The lowest BCUT2D eigenvalue weighted by atomic mass is 10.1. The van der Waals surface area contributed by atoms with E-state index in [2.05, 4.69) is 5.32 Å². The van der Waals surface area contributed by atoms with E-state index >= 15 is 0 Å². The number of alkyl halides is 2. The number of nitrogens with zero attached hydrogens (tertiary/aromatic N) is 1. The zero-order valence-electron chi connectivity index (χ0n) is 12.8. The summed E-state index contributed by atoms with van der Waals surface area (Å²) in [6.45, 7) is 4.85. The Labute approximate surface area is 133 Å². The van der Waals surface area contributed by atoms with Gasteiger partial charge in [0.05, 0.1) is 23.6 Å². The molecule has 1 aliphatic rings. The Kier molecular flexibility index (Phi) is 4.90. The predicted octanol–water partition coefficient (Wildman–Crippen LogP) is 2.33. The number of sulfone groups is 1. The predicted molar refractivity (Wildman–Crippen MR) is 80.3 cm³/mol. The van der Waals surface area contributed by atoms with Gasteiger partial charge in [0.2, 0.25) is 9.84 Å². The van der Waals surface area contributed by atoms with E-state index in [4.69, 9.17) is 4.74 Å². The molecule has 2 rings (SSSR count). The summed E-state index contributed by atoms with van der Waals surface area (Å²) < 4.78 is 53.6. The first-order valence-electron chi connectivity index (χ1n) is 6.94. The molecule has 0 aromatic heterocycles. The van der Waals surface area contributed by atoms with Gasteiger partial charge in [-0.2, -0.15) is 8.78 Å². The molecule has 0 aliphatic carbocycles. The third kappa shape index (κ3) is 4.17. The minimum Gasteiger partial charge on any atom is -0.372 e. The van der Waals surface area contributed by atoms with Crippen LogP contribution in [0.2, 0.25) is 0 Å². The van der Waals surface area contributed by atoms with Crippen molar-refractivity contribution in [3.63, 3.8) is 0 Å². The molecule has 0 spiro atoms. The van der Waals surface area contributed by atoms with Crippen molar-refractivity contribution in [1.29, 1.82) is 0 Å². The fraction of sp³-hybridized carbons (Fsp3) is 0.500. The smallest absolute Gasteiger partial charge is 0.341 e. The van der Waals surface area contributed by atoms with Gasteiger partial charge in [0.25, 0.3) is 0 Å². The highest BCUT2D eigenvalue weighted by atomic mass is 32.2. The molecule has 1 aromatic rings. The van der Waals surface area contributed by atoms with Gasteiger partial charge in [-0.3, -0.25) is 0 Å². The maximum atomic E-state index is 12.6. The average molecular weight is 348 g/mol. The number of morpholine rings is 1. The molecule has 1 fully saturated rings. The molecular weight excluding hydrogens is 330 g/mol. The van der Waals surface area contributed by atoms with Crippen molar-refractivity contribution in [3.8, 4) is 0 Å². The lowest BCUT2D eigenvalue weighted by Crippen LogP contribution is -2.51. The van der Waals surface area contributed by atoms with E-state index in [1.54, 1.807) is 0 Å². The van der Waals surface area contributed by atoms with E-state index in [1.807, 2.05) is 13.8 Å². The molecule has 0 unspecified atom stereocenters. The summed E-state index contributed by atoms with van der Waals surface area (Å²) >= 11 is 0. The third-order valence-corrected chi connectivity index (χ3v) is 4.74. The zero-order chi connectivity index (χ0) is 17.3. The van der Waals surface area contributed by atoms with Crippen molar-refractivity contribution < 1.29 is 26.7 Å². The van der Waals surface area contributed by atoms with Crippen LogP contribution in [0.1, 0.15) is 13.8 Å². The summed E-state index contributed by atoms with van der Waals surface area (Å²) in [5, 5.41) is 2.52. The van der Waals surface area contributed by atoms with Crippen LogP contribution >= 0.6 is 0 Å². The van der Waals surface area contributed by atoms with Gasteiger partial charge in [-0.15, -0.1) is 0 Å². The van der Waals surface area contributed by atoms with Crippen LogP contribution in [0.15, 0.2) is 29.2 Å². The first-order valence-corrected chi connectivity index (χ1v) is 8.48. The molecular formula is C14H18F2N2O4S. The van der Waals surface area contributed by atoms with Crippen molar-refractivity contribution in [1.82, 2.24) is 4.90 Å². The van der Waals surface area contributed by atoms with Gasteiger partial charge >= 0.3 is 11.8 Å². The number of carbonyl (C=O) groups is 1. The Balaban J connectivity index is 2.13. The number of nitrogens with one attached hydrogen (secondary N) is 1. The van der Waals surface area contributed by atoms with E-state index in [1.165, 1.54) is 17.0 Å². The number of ether oxygens (including phenoxy) is 1. The van der Waals surface area contributed by atoms with Crippen molar-refractivity contribution in [3.05, 3.63) is 24.3 Å². The summed E-state index contributed by atoms with van der Waals surface area (Å²) in [4.78, 5) is 13.2. The number of anilines is 1. The van der Waals surface area contributed by atoms with Gasteiger partial charge < -0.3 is 15.0 Å². The maximum absolute atomic E-state index is 12.6. The summed E-state index contributed by atoms with van der Waals surface area (Å²) in [6.07, 6.45) is 0. The standard InChI is InChI=1S/C14H18F2N2O4S/c1-14(2)9-18(6-7-22-14)13(19)17-10-4-3-5-11(8-10)23(20,21)12(15)16/h3-5,8,12H,6-7,9H2,1-2H3,(H,17,19). The molecule has 23 heavy (non-hydrogen) atoms. The molecule has 1 aromatic carbocycles. The second-order valence-corrected chi connectivity index (χ2v) is 7.71. The minimum atomic E-state index is -4.70. The molecule has 9 heteroatoms. The quantitative estimate of drug-likeness (QED) is 0.910. The van der Waals surface area contributed by atoms with Gasteiger partial charge in [-0.05, 0) is 32.0 Å². The largest absolute Gasteiger partial charge is 0.372 e. The molecule has 1 heterocycles. The van der Waals surface area contributed by atoms with E-state index in [0.29, 0.717) is 19.7 Å². The summed E-state index contributed by atoms with van der Waals surface area (Å²) in [6, 6.07) is 4.38. The Morgan fingerprint density at radius 2 is 2.09 bits per heavy atom. The Morgan fingerprint density at radius 3 is 2.70 bits per heavy atom. The lowest BCUT2D eigenvalue weighted by molar-refractivity contribution is -0.0720. The number of urea groups is 1. The van der Waals surface area contributed by atoms with Crippen LogP contribution in [-0.2, 0) is 14.6 Å². The Bertz CT molecular complexity index is 692. The highest BCUT2D eigenvalue weighted by Gasteiger charge is 2.30. The Morgan fingerprint density at radius 1 is 1.39 bits per heavy atom. The molecule has 128 valence electrons. The van der Waals surface area contributed by atoms with Crippen LogP contribution in [-0.4, -0.2) is 50.4 Å². The van der Waals surface area contributed by atoms with Gasteiger partial charge in [0, 0.05) is 12.2 Å². The van der Waals surface area contributed by atoms with Crippen LogP contribution < -0.4 is 5.32 Å². The molecule has 0 bridgehead atoms. The molecule has 2 amide bonds. The lowest BCUT2D eigenvalue weighted by Gasteiger charge is -2.38. The molecule has 0 radical (unpaired) electrons. The summed E-state index contributed by atoms with van der Waals surface area (Å²) in [5.74, 6) is -3.51. The van der Waals surface area contributed by atoms with E-state index in [-0.39, 0.29) is 5.69 Å². The summed E-state index contributed by atoms with van der Waals surface area (Å²) in [5.41, 5.74) is -0.336. The highest BCUT2D eigenvalue weighted by molar-refractivity contribution is 7.91. The monoisotopic (exact) mass is 348 g/mol. The number of halogens is 2. The van der Waals surface area contributed by atoms with Crippen molar-refractivity contribution in [2.24, 2.45) is 0 Å². The number of carbonyl (C=O) groups excluding carboxylic acids is 1. The SMILES string of the molecule is CC1(C)CN(C(=O)Nc2cccc(S(=O)(=O)C(F)F)c2)CCO1. The normalized spacial score (nSPS) is 18.0. The maximum Gasteiger partial charge on any atom is 0.341 e. The molecule has 1 aliphatic heterocycles. The van der Waals surface area contributed by atoms with Crippen molar-refractivity contribution in [2.45, 2.75) is 30.1 Å². The number of hydrogen-bond acceptors (Lipinski definition) is 4. The average Bonchev–Trinajstić information content (AvgIpc) is 2.46.